The minimum Gasteiger partial charge on any atom is -0.362 e. The molecule has 2 aromatic carbocycles. The highest BCUT2D eigenvalue weighted by molar-refractivity contribution is 7.85. The van der Waals surface area contributed by atoms with Gasteiger partial charge in [0, 0.05) is 4.90 Å². The zero-order chi connectivity index (χ0) is 15.7. The molecule has 3 atom stereocenters. The first kappa shape index (κ1) is 15.3. The molecule has 1 aliphatic heterocycles. The van der Waals surface area contributed by atoms with E-state index in [-0.39, 0.29) is 6.61 Å². The molecule has 0 radical (unpaired) electrons. The molecule has 0 aliphatic carbocycles. The summed E-state index contributed by atoms with van der Waals surface area (Å²) in [5.74, 6) is 0. The number of benzene rings is 2. The summed E-state index contributed by atoms with van der Waals surface area (Å²) in [6.07, 6.45) is -2.67. The number of alkyl halides is 2. The van der Waals surface area contributed by atoms with E-state index < -0.39 is 28.1 Å². The van der Waals surface area contributed by atoms with E-state index in [1.54, 1.807) is 42.5 Å². The first-order valence-corrected chi connectivity index (χ1v) is 8.20. The number of aryl methyl sites for hydroxylation is 1. The second-order valence-electron chi connectivity index (χ2n) is 5.45. The van der Waals surface area contributed by atoms with Crippen molar-refractivity contribution >= 4 is 10.8 Å². The Morgan fingerprint density at radius 1 is 1.09 bits per heavy atom. The quantitative estimate of drug-likeness (QED) is 0.782. The zero-order valence-electron chi connectivity index (χ0n) is 12.0. The van der Waals surface area contributed by atoms with Crippen LogP contribution in [-0.2, 0) is 15.5 Å². The van der Waals surface area contributed by atoms with Gasteiger partial charge in [-0.05, 0) is 24.6 Å². The Morgan fingerprint density at radius 3 is 2.18 bits per heavy atom. The molecule has 0 spiro atoms. The van der Waals surface area contributed by atoms with Crippen molar-refractivity contribution in [3.8, 4) is 0 Å². The third kappa shape index (κ3) is 2.71. The minimum atomic E-state index is -2.67. The number of epoxide rings is 1. The van der Waals surface area contributed by atoms with E-state index in [4.69, 9.17) is 4.74 Å². The molecule has 1 heterocycles. The molecule has 5 heteroatoms. The Balaban J connectivity index is 2.03. The summed E-state index contributed by atoms with van der Waals surface area (Å²) in [7, 11) is -1.61. The monoisotopic (exact) mass is 322 g/mol. The highest BCUT2D eigenvalue weighted by Gasteiger charge is 2.62. The van der Waals surface area contributed by atoms with Crippen LogP contribution in [0.15, 0.2) is 59.5 Å². The Labute approximate surface area is 130 Å². The Morgan fingerprint density at radius 2 is 1.68 bits per heavy atom. The van der Waals surface area contributed by atoms with Crippen molar-refractivity contribution in [2.75, 3.05) is 6.61 Å². The highest BCUT2D eigenvalue weighted by Crippen LogP contribution is 2.49. The smallest absolute Gasteiger partial charge is 0.270 e. The van der Waals surface area contributed by atoms with E-state index >= 15 is 0 Å². The fraction of sp³-hybridized carbons (Fsp3) is 0.294. The van der Waals surface area contributed by atoms with Gasteiger partial charge in [0.05, 0.1) is 17.4 Å². The summed E-state index contributed by atoms with van der Waals surface area (Å²) < 4.78 is 45.0. The van der Waals surface area contributed by atoms with Crippen molar-refractivity contribution in [2.45, 2.75) is 29.1 Å². The zero-order valence-corrected chi connectivity index (χ0v) is 12.9. The van der Waals surface area contributed by atoms with Gasteiger partial charge in [-0.25, -0.2) is 8.78 Å². The van der Waals surface area contributed by atoms with Gasteiger partial charge in [0.25, 0.3) is 6.43 Å². The summed E-state index contributed by atoms with van der Waals surface area (Å²) in [6, 6.07) is 15.9. The standard InChI is InChI=1S/C17H16F2O2S/c1-12-7-9-14(10-8-12)22(20)15(13-5-3-2-4-6-13)17(11-21-17)16(18)19/h2-10,15-16H,11H2,1H3/t15-,17-,22?/m1/s1. The maximum Gasteiger partial charge on any atom is 0.270 e. The van der Waals surface area contributed by atoms with E-state index in [0.717, 1.165) is 5.56 Å². The number of halogens is 2. The van der Waals surface area contributed by atoms with Crippen molar-refractivity contribution in [3.63, 3.8) is 0 Å². The molecule has 1 aliphatic rings. The van der Waals surface area contributed by atoms with Crippen LogP contribution in [0.1, 0.15) is 16.4 Å². The van der Waals surface area contributed by atoms with Gasteiger partial charge in [0.15, 0.2) is 5.60 Å². The SMILES string of the molecule is Cc1ccc(S(=O)[C@H](c2ccccc2)[C@@]2(C(F)F)CO2)cc1. The van der Waals surface area contributed by atoms with Crippen LogP contribution in [0.4, 0.5) is 8.78 Å². The maximum absolute atomic E-state index is 13.5. The third-order valence-corrected chi connectivity index (χ3v) is 5.70. The van der Waals surface area contributed by atoms with Gasteiger partial charge < -0.3 is 4.74 Å². The molecule has 2 aromatic rings. The van der Waals surface area contributed by atoms with E-state index in [2.05, 4.69) is 0 Å². The lowest BCUT2D eigenvalue weighted by Gasteiger charge is -2.23. The fourth-order valence-corrected chi connectivity index (χ4v) is 4.18. The minimum absolute atomic E-state index is 0.0676. The second kappa shape index (κ2) is 5.89. The van der Waals surface area contributed by atoms with Gasteiger partial charge in [0.2, 0.25) is 0 Å². The topological polar surface area (TPSA) is 29.6 Å². The third-order valence-electron chi connectivity index (χ3n) is 3.86. The van der Waals surface area contributed by atoms with Crippen LogP contribution >= 0.6 is 0 Å². The van der Waals surface area contributed by atoms with E-state index in [9.17, 15) is 13.0 Å². The van der Waals surface area contributed by atoms with E-state index in [1.807, 2.05) is 19.1 Å². The van der Waals surface area contributed by atoms with Gasteiger partial charge in [-0.1, -0.05) is 48.0 Å². The normalized spacial score (nSPS) is 23.3. The lowest BCUT2D eigenvalue weighted by atomic mass is 10.00. The molecule has 0 amide bonds. The average molecular weight is 322 g/mol. The number of hydrogen-bond acceptors (Lipinski definition) is 2. The molecule has 3 rings (SSSR count). The van der Waals surface area contributed by atoms with Crippen LogP contribution in [-0.4, -0.2) is 22.8 Å². The summed E-state index contributed by atoms with van der Waals surface area (Å²) in [6.45, 7) is 1.86. The second-order valence-corrected chi connectivity index (χ2v) is 6.98. The fourth-order valence-electron chi connectivity index (χ4n) is 2.50. The molecule has 22 heavy (non-hydrogen) atoms. The molecule has 0 N–H and O–H groups in total. The number of hydrogen-bond donors (Lipinski definition) is 0. The van der Waals surface area contributed by atoms with Crippen LogP contribution in [0.25, 0.3) is 0 Å². The lowest BCUT2D eigenvalue weighted by Crippen LogP contribution is -2.33. The Kier molecular flexibility index (Phi) is 4.10. The van der Waals surface area contributed by atoms with E-state index in [0.29, 0.717) is 10.5 Å². The summed E-state index contributed by atoms with van der Waals surface area (Å²) >= 11 is 0. The van der Waals surface area contributed by atoms with Gasteiger partial charge in [0.1, 0.15) is 5.25 Å². The molecule has 1 saturated heterocycles. The lowest BCUT2D eigenvalue weighted by molar-refractivity contribution is 0.0446. The van der Waals surface area contributed by atoms with Crippen LogP contribution in [0.3, 0.4) is 0 Å². The van der Waals surface area contributed by atoms with Crippen molar-refractivity contribution in [2.24, 2.45) is 0 Å². The van der Waals surface area contributed by atoms with Gasteiger partial charge in [-0.2, -0.15) is 0 Å². The van der Waals surface area contributed by atoms with E-state index in [1.165, 1.54) is 0 Å². The molecule has 0 bridgehead atoms. The molecular formula is C17H16F2O2S. The molecule has 1 unspecified atom stereocenters. The van der Waals surface area contributed by atoms with Gasteiger partial charge >= 0.3 is 0 Å². The van der Waals surface area contributed by atoms with Crippen LogP contribution in [0, 0.1) is 6.92 Å². The first-order valence-electron chi connectivity index (χ1n) is 6.99. The molecule has 2 nitrogen and oxygen atoms in total. The summed E-state index contributed by atoms with van der Waals surface area (Å²) in [5, 5.41) is -0.878. The van der Waals surface area contributed by atoms with Crippen molar-refractivity contribution in [3.05, 3.63) is 65.7 Å². The predicted octanol–water partition coefficient (Wildman–Crippen LogP) is 3.88. The average Bonchev–Trinajstić information content (AvgIpc) is 3.31. The molecule has 0 saturated carbocycles. The molecular weight excluding hydrogens is 306 g/mol. The predicted molar refractivity (Wildman–Crippen MR) is 81.5 cm³/mol. The summed E-state index contributed by atoms with van der Waals surface area (Å²) in [4.78, 5) is 0.537. The van der Waals surface area contributed by atoms with Crippen LogP contribution in [0.5, 0.6) is 0 Å². The van der Waals surface area contributed by atoms with Crippen LogP contribution in [0.2, 0.25) is 0 Å². The summed E-state index contributed by atoms with van der Waals surface area (Å²) in [5.41, 5.74) is -0.000595. The van der Waals surface area contributed by atoms with Gasteiger partial charge in [-0.3, -0.25) is 4.21 Å². The van der Waals surface area contributed by atoms with Crippen LogP contribution < -0.4 is 0 Å². The maximum atomic E-state index is 13.5. The number of rotatable bonds is 5. The van der Waals surface area contributed by atoms with Crippen molar-refractivity contribution in [1.29, 1.82) is 0 Å². The molecule has 1 fully saturated rings. The van der Waals surface area contributed by atoms with Crippen molar-refractivity contribution < 1.29 is 17.7 Å². The van der Waals surface area contributed by atoms with Gasteiger partial charge in [-0.15, -0.1) is 0 Å². The Hall–Kier alpha value is -1.59. The number of ether oxygens (including phenoxy) is 1. The van der Waals surface area contributed by atoms with Crippen molar-refractivity contribution in [1.82, 2.24) is 0 Å². The first-order chi connectivity index (χ1) is 10.5. The molecule has 116 valence electrons. The Bertz CT molecular complexity index is 667. The largest absolute Gasteiger partial charge is 0.362 e. The molecule has 0 aromatic heterocycles. The highest BCUT2D eigenvalue weighted by atomic mass is 32.2.